The van der Waals surface area contributed by atoms with Gasteiger partial charge in [-0.25, -0.2) is 0 Å². The molecule has 3 heterocycles. The largest absolute Gasteiger partial charge is 0.381 e. The summed E-state index contributed by atoms with van der Waals surface area (Å²) in [6.45, 7) is 7.38. The van der Waals surface area contributed by atoms with Gasteiger partial charge in [0.2, 0.25) is 5.91 Å². The van der Waals surface area contributed by atoms with Gasteiger partial charge in [0.05, 0.1) is 0 Å². The lowest BCUT2D eigenvalue weighted by atomic mass is 9.98. The Balaban J connectivity index is 1.31. The number of piperazine rings is 1. The lowest BCUT2D eigenvalue weighted by Crippen LogP contribution is -2.51. The minimum Gasteiger partial charge on any atom is -0.381 e. The van der Waals surface area contributed by atoms with Gasteiger partial charge >= 0.3 is 0 Å². The molecule has 1 aromatic carbocycles. The number of nitrogens with zero attached hydrogens (tertiary/aromatic N) is 3. The molecular formula is C20H29N3O2. The van der Waals surface area contributed by atoms with Crippen molar-refractivity contribution < 1.29 is 9.53 Å². The zero-order chi connectivity index (χ0) is 17.1. The van der Waals surface area contributed by atoms with Crippen molar-refractivity contribution in [1.29, 1.82) is 0 Å². The van der Waals surface area contributed by atoms with Crippen molar-refractivity contribution in [3.63, 3.8) is 0 Å². The molecule has 3 aliphatic rings. The average Bonchev–Trinajstić information content (AvgIpc) is 3.23. The zero-order valence-electron chi connectivity index (χ0n) is 15.0. The van der Waals surface area contributed by atoms with Gasteiger partial charge in [0.1, 0.15) is 0 Å². The third kappa shape index (κ3) is 3.76. The molecule has 0 radical (unpaired) electrons. The van der Waals surface area contributed by atoms with Gasteiger partial charge in [-0.3, -0.25) is 4.79 Å². The summed E-state index contributed by atoms with van der Waals surface area (Å²) >= 11 is 0. The molecule has 4 rings (SSSR count). The number of carbonyl (C=O) groups is 1. The molecule has 3 saturated heterocycles. The molecule has 1 aromatic rings. The third-order valence-electron chi connectivity index (χ3n) is 5.85. The van der Waals surface area contributed by atoms with Crippen LogP contribution in [0.1, 0.15) is 25.7 Å². The van der Waals surface area contributed by atoms with Crippen LogP contribution in [0.15, 0.2) is 24.3 Å². The first-order valence-corrected chi connectivity index (χ1v) is 9.78. The second-order valence-corrected chi connectivity index (χ2v) is 7.41. The van der Waals surface area contributed by atoms with Gasteiger partial charge in [0.25, 0.3) is 0 Å². The predicted molar refractivity (Wildman–Crippen MR) is 100 cm³/mol. The molecule has 0 aromatic heterocycles. The van der Waals surface area contributed by atoms with Crippen LogP contribution in [0.4, 0.5) is 11.4 Å². The summed E-state index contributed by atoms with van der Waals surface area (Å²) in [5, 5.41) is 0. The molecule has 3 fully saturated rings. The molecule has 0 aliphatic carbocycles. The highest BCUT2D eigenvalue weighted by Gasteiger charge is 2.28. The molecule has 0 atom stereocenters. The van der Waals surface area contributed by atoms with Crippen molar-refractivity contribution in [2.45, 2.75) is 25.7 Å². The molecule has 0 unspecified atom stereocenters. The Morgan fingerprint density at radius 1 is 0.800 bits per heavy atom. The summed E-state index contributed by atoms with van der Waals surface area (Å²) in [7, 11) is 0. The average molecular weight is 343 g/mol. The van der Waals surface area contributed by atoms with E-state index < -0.39 is 0 Å². The molecule has 3 aliphatic heterocycles. The normalized spacial score (nSPS) is 22.5. The van der Waals surface area contributed by atoms with Crippen LogP contribution in [0.25, 0.3) is 0 Å². The summed E-state index contributed by atoms with van der Waals surface area (Å²) in [5.74, 6) is 0.521. The number of benzene rings is 1. The van der Waals surface area contributed by atoms with Gasteiger partial charge in [-0.05, 0) is 49.9 Å². The van der Waals surface area contributed by atoms with Crippen LogP contribution in [0, 0.1) is 5.92 Å². The standard InChI is InChI=1S/C20H29N3O2/c24-20(17-7-15-25-16-8-17)23-13-11-22(12-14-23)19-5-3-18(4-6-19)21-9-1-2-10-21/h3-6,17H,1-2,7-16H2. The fourth-order valence-corrected chi connectivity index (χ4v) is 4.24. The van der Waals surface area contributed by atoms with Crippen LogP contribution in [-0.2, 0) is 9.53 Å². The summed E-state index contributed by atoms with van der Waals surface area (Å²) in [4.78, 5) is 19.6. The van der Waals surface area contributed by atoms with Gasteiger partial charge in [0.15, 0.2) is 0 Å². The maximum atomic E-state index is 12.6. The number of anilines is 2. The van der Waals surface area contributed by atoms with E-state index in [-0.39, 0.29) is 5.92 Å². The van der Waals surface area contributed by atoms with Crippen molar-refractivity contribution >= 4 is 17.3 Å². The van der Waals surface area contributed by atoms with Gasteiger partial charge in [-0.1, -0.05) is 0 Å². The lowest BCUT2D eigenvalue weighted by molar-refractivity contribution is -0.138. The van der Waals surface area contributed by atoms with Gasteiger partial charge < -0.3 is 19.4 Å². The first-order chi connectivity index (χ1) is 12.3. The molecule has 0 N–H and O–H groups in total. The van der Waals surface area contributed by atoms with E-state index in [0.29, 0.717) is 5.91 Å². The number of hydrogen-bond donors (Lipinski definition) is 0. The number of hydrogen-bond acceptors (Lipinski definition) is 4. The van der Waals surface area contributed by atoms with Gasteiger partial charge in [-0.2, -0.15) is 0 Å². The van der Waals surface area contributed by atoms with E-state index in [9.17, 15) is 4.79 Å². The summed E-state index contributed by atoms with van der Waals surface area (Å²) in [6, 6.07) is 8.98. The molecule has 5 heteroatoms. The quantitative estimate of drug-likeness (QED) is 0.844. The molecule has 1 amide bonds. The Morgan fingerprint density at radius 2 is 1.32 bits per heavy atom. The SMILES string of the molecule is O=C(C1CCOCC1)N1CCN(c2ccc(N3CCCC3)cc2)CC1. The monoisotopic (exact) mass is 343 g/mol. The molecule has 5 nitrogen and oxygen atoms in total. The van der Waals surface area contributed by atoms with Crippen LogP contribution in [-0.4, -0.2) is 63.3 Å². The van der Waals surface area contributed by atoms with Crippen molar-refractivity contribution in [3.8, 4) is 0 Å². The second kappa shape index (κ2) is 7.65. The number of ether oxygens (including phenoxy) is 1. The van der Waals surface area contributed by atoms with Crippen LogP contribution in [0.2, 0.25) is 0 Å². The first kappa shape index (κ1) is 16.7. The van der Waals surface area contributed by atoms with Gasteiger partial charge in [0, 0.05) is 69.8 Å². The molecule has 0 saturated carbocycles. The molecule has 0 spiro atoms. The first-order valence-electron chi connectivity index (χ1n) is 9.78. The van der Waals surface area contributed by atoms with Crippen LogP contribution < -0.4 is 9.80 Å². The minimum absolute atomic E-state index is 0.181. The zero-order valence-corrected chi connectivity index (χ0v) is 15.0. The highest BCUT2D eigenvalue weighted by molar-refractivity contribution is 5.79. The summed E-state index contributed by atoms with van der Waals surface area (Å²) in [5.41, 5.74) is 2.62. The van der Waals surface area contributed by atoms with E-state index in [1.54, 1.807) is 0 Å². The fraction of sp³-hybridized carbons (Fsp3) is 0.650. The van der Waals surface area contributed by atoms with Crippen LogP contribution in [0.5, 0.6) is 0 Å². The summed E-state index contributed by atoms with van der Waals surface area (Å²) in [6.07, 6.45) is 4.39. The van der Waals surface area contributed by atoms with Crippen molar-refractivity contribution in [1.82, 2.24) is 4.90 Å². The van der Waals surface area contributed by atoms with E-state index in [0.717, 1.165) is 52.2 Å². The lowest BCUT2D eigenvalue weighted by Gasteiger charge is -2.38. The third-order valence-corrected chi connectivity index (χ3v) is 5.85. The number of carbonyl (C=O) groups excluding carboxylic acids is 1. The highest BCUT2D eigenvalue weighted by Crippen LogP contribution is 2.25. The van der Waals surface area contributed by atoms with E-state index >= 15 is 0 Å². The Labute approximate surface area is 150 Å². The number of rotatable bonds is 3. The molecular weight excluding hydrogens is 314 g/mol. The Bertz CT molecular complexity index is 569. The van der Waals surface area contributed by atoms with Crippen LogP contribution in [0.3, 0.4) is 0 Å². The number of amides is 1. The smallest absolute Gasteiger partial charge is 0.225 e. The second-order valence-electron chi connectivity index (χ2n) is 7.41. The molecule has 136 valence electrons. The maximum Gasteiger partial charge on any atom is 0.225 e. The topological polar surface area (TPSA) is 36.0 Å². The van der Waals surface area contributed by atoms with E-state index in [1.807, 2.05) is 0 Å². The van der Waals surface area contributed by atoms with E-state index in [4.69, 9.17) is 4.74 Å². The van der Waals surface area contributed by atoms with Gasteiger partial charge in [-0.15, -0.1) is 0 Å². The van der Waals surface area contributed by atoms with Crippen molar-refractivity contribution in [3.05, 3.63) is 24.3 Å². The van der Waals surface area contributed by atoms with E-state index in [1.165, 1.54) is 37.3 Å². The fourth-order valence-electron chi connectivity index (χ4n) is 4.24. The Kier molecular flexibility index (Phi) is 5.11. The van der Waals surface area contributed by atoms with Crippen molar-refractivity contribution in [2.24, 2.45) is 5.92 Å². The maximum absolute atomic E-state index is 12.6. The minimum atomic E-state index is 0.181. The molecule has 25 heavy (non-hydrogen) atoms. The predicted octanol–water partition coefficient (Wildman–Crippen LogP) is 2.36. The van der Waals surface area contributed by atoms with Crippen molar-refractivity contribution in [2.75, 3.05) is 62.3 Å². The van der Waals surface area contributed by atoms with Crippen LogP contribution >= 0.6 is 0 Å². The summed E-state index contributed by atoms with van der Waals surface area (Å²) < 4.78 is 5.38. The molecule has 0 bridgehead atoms. The Hall–Kier alpha value is -1.75. The highest BCUT2D eigenvalue weighted by atomic mass is 16.5. The van der Waals surface area contributed by atoms with E-state index in [2.05, 4.69) is 39.0 Å². The Morgan fingerprint density at radius 3 is 1.88 bits per heavy atom.